The van der Waals surface area contributed by atoms with Crippen LogP contribution in [0.5, 0.6) is 0 Å². The summed E-state index contributed by atoms with van der Waals surface area (Å²) in [7, 11) is 4.05. The zero-order valence-corrected chi connectivity index (χ0v) is 11.4. The van der Waals surface area contributed by atoms with Crippen LogP contribution >= 0.6 is 0 Å². The summed E-state index contributed by atoms with van der Waals surface area (Å²) in [4.78, 5) is 2.37. The third-order valence-corrected chi connectivity index (χ3v) is 3.73. The summed E-state index contributed by atoms with van der Waals surface area (Å²) in [6.45, 7) is 5.14. The molecule has 0 spiro atoms. The molecule has 1 aromatic rings. The Hall–Kier alpha value is -1.54. The van der Waals surface area contributed by atoms with Crippen molar-refractivity contribution < 1.29 is 0 Å². The van der Waals surface area contributed by atoms with Gasteiger partial charge in [0.05, 0.1) is 5.69 Å². The molecule has 0 bridgehead atoms. The Kier molecular flexibility index (Phi) is 3.87. The van der Waals surface area contributed by atoms with Crippen molar-refractivity contribution in [2.75, 3.05) is 32.0 Å². The molecule has 0 aromatic carbocycles. The van der Waals surface area contributed by atoms with Gasteiger partial charge in [-0.2, -0.15) is 10.4 Å². The number of nitriles is 1. The Morgan fingerprint density at radius 2 is 2.06 bits per heavy atom. The van der Waals surface area contributed by atoms with Gasteiger partial charge >= 0.3 is 0 Å². The summed E-state index contributed by atoms with van der Waals surface area (Å²) in [5.41, 5.74) is 1.47. The van der Waals surface area contributed by atoms with Gasteiger partial charge in [0, 0.05) is 13.6 Å². The van der Waals surface area contributed by atoms with E-state index in [0.29, 0.717) is 11.5 Å². The molecule has 1 aliphatic rings. The van der Waals surface area contributed by atoms with Crippen molar-refractivity contribution in [2.24, 2.45) is 13.0 Å². The highest BCUT2D eigenvalue weighted by Crippen LogP contribution is 2.20. The fraction of sp³-hybridized carbons (Fsp3) is 0.692. The van der Waals surface area contributed by atoms with E-state index in [0.717, 1.165) is 18.1 Å². The second kappa shape index (κ2) is 5.40. The van der Waals surface area contributed by atoms with Crippen molar-refractivity contribution in [2.45, 2.75) is 19.8 Å². The standard InChI is InChI=1S/C13H21N5/c1-10-12(8-14)13(18(3)16-10)15-9-11-4-6-17(2)7-5-11/h11,15H,4-7,9H2,1-3H3. The summed E-state index contributed by atoms with van der Waals surface area (Å²) in [5, 5.41) is 16.8. The van der Waals surface area contributed by atoms with E-state index in [1.165, 1.54) is 25.9 Å². The first-order chi connectivity index (χ1) is 8.61. The van der Waals surface area contributed by atoms with Crippen LogP contribution in [-0.2, 0) is 7.05 Å². The summed E-state index contributed by atoms with van der Waals surface area (Å²) < 4.78 is 1.77. The molecule has 0 radical (unpaired) electrons. The number of piperidine rings is 1. The molecule has 0 amide bonds. The van der Waals surface area contributed by atoms with Gasteiger partial charge < -0.3 is 10.2 Å². The second-order valence-electron chi connectivity index (χ2n) is 5.17. The molecule has 0 saturated carbocycles. The van der Waals surface area contributed by atoms with Gasteiger partial charge in [-0.25, -0.2) is 0 Å². The van der Waals surface area contributed by atoms with E-state index in [9.17, 15) is 0 Å². The summed E-state index contributed by atoms with van der Waals surface area (Å²) in [6, 6.07) is 2.23. The summed E-state index contributed by atoms with van der Waals surface area (Å²) in [6.07, 6.45) is 2.45. The number of likely N-dealkylation sites (tertiary alicyclic amines) is 1. The Morgan fingerprint density at radius 1 is 1.39 bits per heavy atom. The molecule has 1 saturated heterocycles. The fourth-order valence-electron chi connectivity index (χ4n) is 2.50. The van der Waals surface area contributed by atoms with Gasteiger partial charge in [-0.15, -0.1) is 0 Å². The van der Waals surface area contributed by atoms with Crippen LogP contribution in [-0.4, -0.2) is 41.4 Å². The Balaban J connectivity index is 1.96. The van der Waals surface area contributed by atoms with E-state index in [-0.39, 0.29) is 0 Å². The largest absolute Gasteiger partial charge is 0.369 e. The minimum atomic E-state index is 0.672. The van der Waals surface area contributed by atoms with Gasteiger partial charge in [0.25, 0.3) is 0 Å². The molecule has 2 heterocycles. The van der Waals surface area contributed by atoms with E-state index < -0.39 is 0 Å². The average Bonchev–Trinajstić information content (AvgIpc) is 2.62. The van der Waals surface area contributed by atoms with Crippen LogP contribution in [0.2, 0.25) is 0 Å². The van der Waals surface area contributed by atoms with Crippen molar-refractivity contribution in [1.82, 2.24) is 14.7 Å². The van der Waals surface area contributed by atoms with Crippen LogP contribution in [0.15, 0.2) is 0 Å². The molecule has 2 rings (SSSR count). The maximum atomic E-state index is 9.13. The van der Waals surface area contributed by atoms with Crippen LogP contribution in [0.25, 0.3) is 0 Å². The highest BCUT2D eigenvalue weighted by atomic mass is 15.3. The fourth-order valence-corrected chi connectivity index (χ4v) is 2.50. The molecule has 0 unspecified atom stereocenters. The first-order valence-electron chi connectivity index (χ1n) is 6.48. The van der Waals surface area contributed by atoms with Crippen LogP contribution in [0.4, 0.5) is 5.82 Å². The highest BCUT2D eigenvalue weighted by Gasteiger charge is 2.18. The molecule has 98 valence electrons. The number of rotatable bonds is 3. The quantitative estimate of drug-likeness (QED) is 0.876. The predicted molar refractivity (Wildman–Crippen MR) is 71.4 cm³/mol. The highest BCUT2D eigenvalue weighted by molar-refractivity contribution is 5.54. The van der Waals surface area contributed by atoms with Gasteiger partial charge in [0.2, 0.25) is 0 Å². The van der Waals surface area contributed by atoms with E-state index in [2.05, 4.69) is 28.4 Å². The molecule has 1 aliphatic heterocycles. The van der Waals surface area contributed by atoms with Gasteiger partial charge in [0.15, 0.2) is 0 Å². The molecule has 1 aromatic heterocycles. The molecule has 5 heteroatoms. The lowest BCUT2D eigenvalue weighted by atomic mass is 9.97. The zero-order chi connectivity index (χ0) is 13.1. The maximum Gasteiger partial charge on any atom is 0.142 e. The molecule has 0 atom stereocenters. The number of hydrogen-bond acceptors (Lipinski definition) is 4. The first-order valence-corrected chi connectivity index (χ1v) is 6.48. The van der Waals surface area contributed by atoms with E-state index >= 15 is 0 Å². The average molecular weight is 247 g/mol. The zero-order valence-electron chi connectivity index (χ0n) is 11.4. The molecule has 18 heavy (non-hydrogen) atoms. The monoisotopic (exact) mass is 247 g/mol. The minimum Gasteiger partial charge on any atom is -0.369 e. The SMILES string of the molecule is Cc1nn(C)c(NCC2CCN(C)CC2)c1C#N. The van der Waals surface area contributed by atoms with E-state index in [4.69, 9.17) is 5.26 Å². The van der Waals surface area contributed by atoms with Crippen LogP contribution in [0.1, 0.15) is 24.1 Å². The number of aryl methyl sites for hydroxylation is 2. The van der Waals surface area contributed by atoms with Crippen molar-refractivity contribution in [3.05, 3.63) is 11.3 Å². The predicted octanol–water partition coefficient (Wildman–Crippen LogP) is 1.35. The second-order valence-corrected chi connectivity index (χ2v) is 5.17. The number of nitrogens with one attached hydrogen (secondary N) is 1. The molecular weight excluding hydrogens is 226 g/mol. The number of aromatic nitrogens is 2. The van der Waals surface area contributed by atoms with Gasteiger partial charge in [-0.1, -0.05) is 0 Å². The lowest BCUT2D eigenvalue weighted by Gasteiger charge is -2.29. The van der Waals surface area contributed by atoms with Crippen LogP contribution in [0, 0.1) is 24.2 Å². The molecule has 0 aliphatic carbocycles. The molecule has 5 nitrogen and oxygen atoms in total. The lowest BCUT2D eigenvalue weighted by molar-refractivity contribution is 0.226. The van der Waals surface area contributed by atoms with Gasteiger partial charge in [-0.05, 0) is 45.8 Å². The number of anilines is 1. The van der Waals surface area contributed by atoms with Crippen molar-refractivity contribution in [3.8, 4) is 6.07 Å². The normalized spacial score (nSPS) is 17.7. The topological polar surface area (TPSA) is 56.9 Å². The third kappa shape index (κ3) is 2.65. The van der Waals surface area contributed by atoms with Crippen molar-refractivity contribution >= 4 is 5.82 Å². The Morgan fingerprint density at radius 3 is 2.67 bits per heavy atom. The van der Waals surface area contributed by atoms with Crippen LogP contribution in [0.3, 0.4) is 0 Å². The summed E-state index contributed by atoms with van der Waals surface area (Å²) in [5.74, 6) is 1.55. The third-order valence-electron chi connectivity index (χ3n) is 3.73. The van der Waals surface area contributed by atoms with Crippen LogP contribution < -0.4 is 5.32 Å². The Labute approximate surface area is 108 Å². The maximum absolute atomic E-state index is 9.13. The van der Waals surface area contributed by atoms with E-state index in [1.807, 2.05) is 14.0 Å². The van der Waals surface area contributed by atoms with Crippen molar-refractivity contribution in [1.29, 1.82) is 5.26 Å². The van der Waals surface area contributed by atoms with Crippen molar-refractivity contribution in [3.63, 3.8) is 0 Å². The first kappa shape index (κ1) is 12.9. The lowest BCUT2D eigenvalue weighted by Crippen LogP contribution is -2.33. The molecule has 1 fully saturated rings. The van der Waals surface area contributed by atoms with Gasteiger partial charge in [-0.3, -0.25) is 4.68 Å². The minimum absolute atomic E-state index is 0.672. The smallest absolute Gasteiger partial charge is 0.142 e. The van der Waals surface area contributed by atoms with Gasteiger partial charge in [0.1, 0.15) is 17.5 Å². The molecule has 1 N–H and O–H groups in total. The number of nitrogens with zero attached hydrogens (tertiary/aromatic N) is 4. The summed E-state index contributed by atoms with van der Waals surface area (Å²) >= 11 is 0. The Bertz CT molecular complexity index is 449. The van der Waals surface area contributed by atoms with E-state index in [1.54, 1.807) is 4.68 Å². The number of hydrogen-bond donors (Lipinski definition) is 1. The molecular formula is C13H21N5.